The van der Waals surface area contributed by atoms with Gasteiger partial charge in [-0.05, 0) is 88.2 Å². The predicted octanol–water partition coefficient (Wildman–Crippen LogP) is -0.665. The summed E-state index contributed by atoms with van der Waals surface area (Å²) in [6, 6.07) is -4.59. The van der Waals surface area contributed by atoms with E-state index in [0.29, 0.717) is 5.76 Å². The Balaban J connectivity index is 2.12. The third-order valence-electron chi connectivity index (χ3n) is 9.72. The summed E-state index contributed by atoms with van der Waals surface area (Å²) in [5.74, 6) is -1.75. The Kier molecular flexibility index (Phi) is 17.4. The number of likely N-dealkylation sites (N-methyl/N-ethyl adjacent to an activating group) is 1. The molecule has 1 aliphatic carbocycles. The van der Waals surface area contributed by atoms with E-state index >= 15 is 0 Å². The van der Waals surface area contributed by atoms with Gasteiger partial charge in [0.05, 0.1) is 50.1 Å². The smallest absolute Gasteiger partial charge is 0.410 e. The summed E-state index contributed by atoms with van der Waals surface area (Å²) in [4.78, 5) is 53.6. The van der Waals surface area contributed by atoms with Crippen molar-refractivity contribution < 1.29 is 78.2 Å². The SMILES string of the molecule is CN(C(=O)OC(C)(C)C)[C@@H]1[C@@H](O)[C@@H](O[C@H]2[C@H](NC(=O)CO)C[C@H](NC(=O)OC(C)(C)C)C([C@H]3OC(CNCC(O)CO)=CC[C@H]3NC(=O)OC(C)(C)C)[C@@H]2O)OC[C@]1(C)O. The van der Waals surface area contributed by atoms with E-state index in [1.54, 1.807) is 68.4 Å². The van der Waals surface area contributed by atoms with Crippen LogP contribution in [0, 0.1) is 5.92 Å². The molecule has 0 aromatic rings. The van der Waals surface area contributed by atoms with Gasteiger partial charge >= 0.3 is 18.3 Å². The molecule has 3 rings (SSSR count). The molecule has 2 heterocycles. The Morgan fingerprint density at radius 1 is 0.883 bits per heavy atom. The van der Waals surface area contributed by atoms with Crippen molar-refractivity contribution in [3.63, 3.8) is 0 Å². The van der Waals surface area contributed by atoms with Gasteiger partial charge in [-0.1, -0.05) is 0 Å². The highest BCUT2D eigenvalue weighted by molar-refractivity contribution is 5.77. The number of nitrogens with one attached hydrogen (secondary N) is 4. The zero-order valence-corrected chi connectivity index (χ0v) is 36.6. The van der Waals surface area contributed by atoms with E-state index in [1.165, 1.54) is 14.0 Å². The van der Waals surface area contributed by atoms with Crippen LogP contribution in [0.15, 0.2) is 11.8 Å². The molecule has 346 valence electrons. The highest BCUT2D eigenvalue weighted by Gasteiger charge is 2.56. The summed E-state index contributed by atoms with van der Waals surface area (Å²) in [6.07, 6.45) is -9.86. The van der Waals surface area contributed by atoms with E-state index in [0.717, 1.165) is 4.90 Å². The van der Waals surface area contributed by atoms with E-state index in [-0.39, 0.29) is 25.9 Å². The normalized spacial score (nSPS) is 31.7. The largest absolute Gasteiger partial charge is 0.491 e. The van der Waals surface area contributed by atoms with Crippen molar-refractivity contribution in [2.75, 3.05) is 40.0 Å². The number of carbonyl (C=O) groups excluding carboxylic acids is 4. The molecule has 0 bridgehead atoms. The molecule has 2 fully saturated rings. The van der Waals surface area contributed by atoms with Crippen LogP contribution in [0.5, 0.6) is 0 Å². The number of aliphatic hydroxyl groups is 6. The Hall–Kier alpha value is -3.54. The lowest BCUT2D eigenvalue weighted by molar-refractivity contribution is -0.305. The monoisotopic (exact) mass is 863 g/mol. The molecule has 12 atom stereocenters. The van der Waals surface area contributed by atoms with Crippen LogP contribution in [-0.2, 0) is 33.2 Å². The zero-order chi connectivity index (χ0) is 45.5. The summed E-state index contributed by atoms with van der Waals surface area (Å²) in [6.45, 7) is 14.4. The zero-order valence-electron chi connectivity index (χ0n) is 36.6. The van der Waals surface area contributed by atoms with Gasteiger partial charge < -0.3 is 85.2 Å². The van der Waals surface area contributed by atoms with Gasteiger partial charge in [0.15, 0.2) is 6.29 Å². The fraction of sp³-hybridized carbons (Fsp3) is 0.846. The molecule has 1 saturated carbocycles. The second kappa shape index (κ2) is 20.6. The molecule has 2 aliphatic heterocycles. The summed E-state index contributed by atoms with van der Waals surface area (Å²) >= 11 is 0. The van der Waals surface area contributed by atoms with Crippen LogP contribution in [0.2, 0.25) is 0 Å². The Bertz CT molecular complexity index is 1490. The van der Waals surface area contributed by atoms with E-state index in [9.17, 15) is 49.8 Å². The van der Waals surface area contributed by atoms with E-state index in [2.05, 4.69) is 21.3 Å². The molecule has 0 radical (unpaired) electrons. The van der Waals surface area contributed by atoms with Crippen LogP contribution in [0.25, 0.3) is 0 Å². The van der Waals surface area contributed by atoms with Crippen LogP contribution in [0.3, 0.4) is 0 Å². The minimum absolute atomic E-state index is 0.000802. The van der Waals surface area contributed by atoms with Crippen molar-refractivity contribution in [2.24, 2.45) is 5.92 Å². The number of ether oxygens (including phenoxy) is 6. The first-order valence-corrected chi connectivity index (χ1v) is 20.1. The van der Waals surface area contributed by atoms with Gasteiger partial charge in [-0.15, -0.1) is 0 Å². The number of nitrogens with zero attached hydrogens (tertiary/aromatic N) is 1. The first kappa shape index (κ1) is 50.8. The van der Waals surface area contributed by atoms with Crippen LogP contribution in [0.4, 0.5) is 14.4 Å². The molecular weight excluding hydrogens is 794 g/mol. The van der Waals surface area contributed by atoms with Crippen molar-refractivity contribution in [2.45, 2.75) is 165 Å². The molecule has 0 aromatic carbocycles. The Labute approximate surface area is 351 Å². The highest BCUT2D eigenvalue weighted by Crippen LogP contribution is 2.39. The van der Waals surface area contributed by atoms with E-state index < -0.39 is 133 Å². The van der Waals surface area contributed by atoms with Gasteiger partial charge in [-0.3, -0.25) is 4.79 Å². The van der Waals surface area contributed by atoms with Gasteiger partial charge in [0, 0.05) is 25.6 Å². The summed E-state index contributed by atoms with van der Waals surface area (Å²) in [5, 5.41) is 75.7. The maximum Gasteiger partial charge on any atom is 0.410 e. The van der Waals surface area contributed by atoms with Crippen molar-refractivity contribution in [3.8, 4) is 0 Å². The highest BCUT2D eigenvalue weighted by atomic mass is 16.7. The van der Waals surface area contributed by atoms with Crippen molar-refractivity contribution in [1.29, 1.82) is 0 Å². The fourth-order valence-corrected chi connectivity index (χ4v) is 7.37. The quantitative estimate of drug-likeness (QED) is 0.103. The lowest BCUT2D eigenvalue weighted by Crippen LogP contribution is -2.71. The fourth-order valence-electron chi connectivity index (χ4n) is 7.37. The lowest BCUT2D eigenvalue weighted by atomic mass is 9.72. The molecule has 10 N–H and O–H groups in total. The number of hydrogen-bond donors (Lipinski definition) is 10. The van der Waals surface area contributed by atoms with Crippen molar-refractivity contribution in [3.05, 3.63) is 11.8 Å². The molecule has 60 heavy (non-hydrogen) atoms. The van der Waals surface area contributed by atoms with Crippen LogP contribution < -0.4 is 21.3 Å². The second-order valence-electron chi connectivity index (χ2n) is 18.8. The molecule has 21 heteroatoms. The molecule has 0 spiro atoms. The van der Waals surface area contributed by atoms with Gasteiger partial charge in [0.1, 0.15) is 53.1 Å². The van der Waals surface area contributed by atoms with Gasteiger partial charge in [-0.25, -0.2) is 14.4 Å². The third kappa shape index (κ3) is 14.8. The number of carbonyl (C=O) groups is 4. The molecule has 2 unspecified atom stereocenters. The molecular formula is C39H69N5O16. The van der Waals surface area contributed by atoms with Crippen molar-refractivity contribution in [1.82, 2.24) is 26.2 Å². The minimum Gasteiger partial charge on any atom is -0.491 e. The standard InChI is InChI=1S/C39H69N5O16/c1-36(2,3)58-33(51)42-22-13-12-21(16-40-15-20(47)17-45)56-29(22)26-23(43-34(52)59-37(4,5)6)14-24(41-25(48)18-46)30(27(26)49)57-32-28(50)31(39(10,54)19-55-32)44(11)35(53)60-38(7,8)9/h12,20,22-24,26-32,40,45-47,49-50,54H,13-19H2,1-11H3,(H,41,48)(H,42,51)(H,43,52)/t20?,22-,23+,24-,26?,27+,28-,29+,30+,31-,32-,39+/m1/s1. The lowest BCUT2D eigenvalue weighted by Gasteiger charge is -2.52. The minimum atomic E-state index is -1.83. The number of alkyl carbamates (subject to hydrolysis) is 2. The average molecular weight is 864 g/mol. The van der Waals surface area contributed by atoms with Crippen LogP contribution in [-0.4, -0.2) is 183 Å². The maximum atomic E-state index is 13.4. The van der Waals surface area contributed by atoms with E-state index in [4.69, 9.17) is 28.4 Å². The van der Waals surface area contributed by atoms with Gasteiger partial charge in [0.25, 0.3) is 0 Å². The molecule has 4 amide bonds. The Morgan fingerprint density at radius 2 is 1.45 bits per heavy atom. The maximum absolute atomic E-state index is 13.4. The second-order valence-corrected chi connectivity index (χ2v) is 18.8. The summed E-state index contributed by atoms with van der Waals surface area (Å²) in [5.41, 5.74) is -4.59. The molecule has 21 nitrogen and oxygen atoms in total. The topological polar surface area (TPSA) is 296 Å². The summed E-state index contributed by atoms with van der Waals surface area (Å²) < 4.78 is 35.2. The average Bonchev–Trinajstić information content (AvgIpc) is 3.08. The van der Waals surface area contributed by atoms with Crippen LogP contribution in [0.1, 0.15) is 82.1 Å². The van der Waals surface area contributed by atoms with Crippen LogP contribution >= 0.6 is 0 Å². The number of rotatable bonds is 13. The van der Waals surface area contributed by atoms with Gasteiger partial charge in [0.2, 0.25) is 5.91 Å². The molecule has 0 aromatic heterocycles. The van der Waals surface area contributed by atoms with Crippen molar-refractivity contribution >= 4 is 24.2 Å². The van der Waals surface area contributed by atoms with Gasteiger partial charge in [-0.2, -0.15) is 0 Å². The van der Waals surface area contributed by atoms with E-state index in [1.807, 2.05) is 0 Å². The number of amides is 4. The first-order chi connectivity index (χ1) is 27.6. The predicted molar refractivity (Wildman–Crippen MR) is 212 cm³/mol. The molecule has 1 saturated heterocycles. The Morgan fingerprint density at radius 3 is 1.98 bits per heavy atom. The third-order valence-corrected chi connectivity index (χ3v) is 9.72. The summed E-state index contributed by atoms with van der Waals surface area (Å²) in [7, 11) is 1.32. The first-order valence-electron chi connectivity index (χ1n) is 20.1. The number of hydrogen-bond acceptors (Lipinski definition) is 17. The molecule has 3 aliphatic rings. The number of aliphatic hydroxyl groups excluding tert-OH is 5.